The maximum atomic E-state index is 12.4. The maximum Gasteiger partial charge on any atom is 0.253 e. The minimum Gasteiger partial charge on any atom is -0.352 e. The SMILES string of the molecule is O=C(c1ccc(I)cc1)N1CCN(c2cnccn2)CC1. The lowest BCUT2D eigenvalue weighted by Crippen LogP contribution is -2.49. The molecule has 0 radical (unpaired) electrons. The summed E-state index contributed by atoms with van der Waals surface area (Å²) in [4.78, 5) is 24.9. The van der Waals surface area contributed by atoms with E-state index in [2.05, 4.69) is 37.5 Å². The van der Waals surface area contributed by atoms with E-state index in [0.717, 1.165) is 28.0 Å². The van der Waals surface area contributed by atoms with Crippen LogP contribution in [0.25, 0.3) is 0 Å². The second-order valence-electron chi connectivity index (χ2n) is 4.85. The highest BCUT2D eigenvalue weighted by Gasteiger charge is 2.22. The Morgan fingerprint density at radius 1 is 1.05 bits per heavy atom. The average Bonchev–Trinajstić information content (AvgIpc) is 2.56. The normalized spacial score (nSPS) is 15.1. The predicted molar refractivity (Wildman–Crippen MR) is 89.3 cm³/mol. The fourth-order valence-corrected chi connectivity index (χ4v) is 2.73. The van der Waals surface area contributed by atoms with Crippen LogP contribution in [0.2, 0.25) is 0 Å². The number of hydrogen-bond acceptors (Lipinski definition) is 4. The van der Waals surface area contributed by atoms with Crippen molar-refractivity contribution in [1.82, 2.24) is 14.9 Å². The minimum absolute atomic E-state index is 0.102. The summed E-state index contributed by atoms with van der Waals surface area (Å²) in [6.07, 6.45) is 5.12. The number of carbonyl (C=O) groups is 1. The van der Waals surface area contributed by atoms with Gasteiger partial charge in [0.15, 0.2) is 0 Å². The molecule has 1 amide bonds. The molecular formula is C15H15IN4O. The monoisotopic (exact) mass is 394 g/mol. The number of rotatable bonds is 2. The topological polar surface area (TPSA) is 49.3 Å². The first-order chi connectivity index (χ1) is 10.2. The Labute approximate surface area is 137 Å². The van der Waals surface area contributed by atoms with Crippen molar-refractivity contribution in [1.29, 1.82) is 0 Å². The lowest BCUT2D eigenvalue weighted by atomic mass is 10.2. The fraction of sp³-hybridized carbons (Fsp3) is 0.267. The number of halogens is 1. The van der Waals surface area contributed by atoms with Gasteiger partial charge < -0.3 is 9.80 Å². The van der Waals surface area contributed by atoms with E-state index in [1.54, 1.807) is 18.6 Å². The van der Waals surface area contributed by atoms with Crippen LogP contribution < -0.4 is 4.90 Å². The van der Waals surface area contributed by atoms with Crippen LogP contribution in [-0.4, -0.2) is 47.0 Å². The highest BCUT2D eigenvalue weighted by molar-refractivity contribution is 14.1. The van der Waals surface area contributed by atoms with Crippen molar-refractivity contribution in [3.05, 3.63) is 52.0 Å². The molecule has 1 fully saturated rings. The highest BCUT2D eigenvalue weighted by Crippen LogP contribution is 2.14. The minimum atomic E-state index is 0.102. The van der Waals surface area contributed by atoms with Gasteiger partial charge in [0.05, 0.1) is 6.20 Å². The Balaban J connectivity index is 1.63. The molecule has 1 saturated heterocycles. The fourth-order valence-electron chi connectivity index (χ4n) is 2.37. The van der Waals surface area contributed by atoms with Gasteiger partial charge in [-0.2, -0.15) is 0 Å². The molecule has 0 unspecified atom stereocenters. The molecule has 5 nitrogen and oxygen atoms in total. The van der Waals surface area contributed by atoms with Gasteiger partial charge >= 0.3 is 0 Å². The lowest BCUT2D eigenvalue weighted by Gasteiger charge is -2.35. The molecular weight excluding hydrogens is 379 g/mol. The number of amides is 1. The van der Waals surface area contributed by atoms with Crippen molar-refractivity contribution in [2.24, 2.45) is 0 Å². The molecule has 21 heavy (non-hydrogen) atoms. The molecule has 0 aliphatic carbocycles. The highest BCUT2D eigenvalue weighted by atomic mass is 127. The van der Waals surface area contributed by atoms with Crippen LogP contribution in [0.4, 0.5) is 5.82 Å². The standard InChI is InChI=1S/C15H15IN4O/c16-13-3-1-12(2-4-13)15(21)20-9-7-19(8-10-20)14-11-17-5-6-18-14/h1-6,11H,7-10H2. The second kappa shape index (κ2) is 6.38. The molecule has 2 aromatic rings. The van der Waals surface area contributed by atoms with E-state index >= 15 is 0 Å². The zero-order chi connectivity index (χ0) is 14.7. The Morgan fingerprint density at radius 2 is 1.76 bits per heavy atom. The van der Waals surface area contributed by atoms with Crippen molar-refractivity contribution < 1.29 is 4.79 Å². The zero-order valence-corrected chi connectivity index (χ0v) is 13.6. The Hall–Kier alpha value is -1.70. The number of aromatic nitrogens is 2. The molecule has 0 saturated carbocycles. The molecule has 1 aliphatic heterocycles. The summed E-state index contributed by atoms with van der Waals surface area (Å²) in [5.41, 5.74) is 0.753. The lowest BCUT2D eigenvalue weighted by molar-refractivity contribution is 0.0746. The third kappa shape index (κ3) is 3.31. The quantitative estimate of drug-likeness (QED) is 0.732. The van der Waals surface area contributed by atoms with E-state index in [4.69, 9.17) is 0 Å². The molecule has 3 rings (SSSR count). The number of anilines is 1. The van der Waals surface area contributed by atoms with Gasteiger partial charge in [-0.05, 0) is 46.9 Å². The number of hydrogen-bond donors (Lipinski definition) is 0. The van der Waals surface area contributed by atoms with Crippen LogP contribution in [0, 0.1) is 3.57 Å². The smallest absolute Gasteiger partial charge is 0.253 e. The zero-order valence-electron chi connectivity index (χ0n) is 11.4. The number of nitrogens with zero attached hydrogens (tertiary/aromatic N) is 4. The Bertz CT molecular complexity index is 609. The first kappa shape index (κ1) is 14.2. The van der Waals surface area contributed by atoms with Crippen LogP contribution in [0.3, 0.4) is 0 Å². The van der Waals surface area contributed by atoms with Gasteiger partial charge in [0, 0.05) is 47.7 Å². The van der Waals surface area contributed by atoms with Crippen LogP contribution in [0.5, 0.6) is 0 Å². The molecule has 1 aromatic heterocycles. The third-order valence-corrected chi connectivity index (χ3v) is 4.25. The van der Waals surface area contributed by atoms with Gasteiger partial charge in [0.2, 0.25) is 0 Å². The number of benzene rings is 1. The van der Waals surface area contributed by atoms with Crippen molar-refractivity contribution in [3.8, 4) is 0 Å². The molecule has 6 heteroatoms. The third-order valence-electron chi connectivity index (χ3n) is 3.53. The van der Waals surface area contributed by atoms with Crippen LogP contribution in [-0.2, 0) is 0 Å². The molecule has 1 aliphatic rings. The van der Waals surface area contributed by atoms with Gasteiger partial charge in [-0.25, -0.2) is 4.98 Å². The van der Waals surface area contributed by atoms with E-state index in [9.17, 15) is 4.79 Å². The van der Waals surface area contributed by atoms with Gasteiger partial charge in [0.1, 0.15) is 5.82 Å². The Morgan fingerprint density at radius 3 is 2.38 bits per heavy atom. The van der Waals surface area contributed by atoms with Gasteiger partial charge in [-0.1, -0.05) is 0 Å². The Kier molecular flexibility index (Phi) is 4.33. The maximum absolute atomic E-state index is 12.4. The van der Waals surface area contributed by atoms with E-state index in [-0.39, 0.29) is 5.91 Å². The summed E-state index contributed by atoms with van der Waals surface area (Å²) in [7, 11) is 0. The van der Waals surface area contributed by atoms with Crippen molar-refractivity contribution in [2.45, 2.75) is 0 Å². The molecule has 0 spiro atoms. The molecule has 0 N–H and O–H groups in total. The van der Waals surface area contributed by atoms with Crippen molar-refractivity contribution in [2.75, 3.05) is 31.1 Å². The van der Waals surface area contributed by atoms with Gasteiger partial charge in [-0.3, -0.25) is 9.78 Å². The van der Waals surface area contributed by atoms with Crippen LogP contribution in [0.15, 0.2) is 42.9 Å². The van der Waals surface area contributed by atoms with Crippen molar-refractivity contribution in [3.63, 3.8) is 0 Å². The summed E-state index contributed by atoms with van der Waals surface area (Å²) in [6, 6.07) is 7.70. The summed E-state index contributed by atoms with van der Waals surface area (Å²) < 4.78 is 1.14. The first-order valence-electron chi connectivity index (χ1n) is 6.80. The average molecular weight is 394 g/mol. The van der Waals surface area contributed by atoms with Gasteiger partial charge in [0.25, 0.3) is 5.91 Å². The van der Waals surface area contributed by atoms with Gasteiger partial charge in [-0.15, -0.1) is 0 Å². The molecule has 0 atom stereocenters. The van der Waals surface area contributed by atoms with Crippen LogP contribution >= 0.6 is 22.6 Å². The molecule has 2 heterocycles. The van der Waals surface area contributed by atoms with E-state index in [0.29, 0.717) is 13.1 Å². The largest absolute Gasteiger partial charge is 0.352 e. The number of piperazine rings is 1. The molecule has 1 aromatic carbocycles. The second-order valence-corrected chi connectivity index (χ2v) is 6.10. The van der Waals surface area contributed by atoms with E-state index < -0.39 is 0 Å². The van der Waals surface area contributed by atoms with Crippen LogP contribution in [0.1, 0.15) is 10.4 Å². The summed E-state index contributed by atoms with van der Waals surface area (Å²) in [6.45, 7) is 2.99. The number of carbonyl (C=O) groups excluding carboxylic acids is 1. The summed E-state index contributed by atoms with van der Waals surface area (Å²) in [5.74, 6) is 0.976. The van der Waals surface area contributed by atoms with E-state index in [1.165, 1.54) is 0 Å². The summed E-state index contributed by atoms with van der Waals surface area (Å²) in [5, 5.41) is 0. The van der Waals surface area contributed by atoms with E-state index in [1.807, 2.05) is 29.2 Å². The predicted octanol–water partition coefficient (Wildman–Crippen LogP) is 2.04. The summed E-state index contributed by atoms with van der Waals surface area (Å²) >= 11 is 2.24. The molecule has 0 bridgehead atoms. The first-order valence-corrected chi connectivity index (χ1v) is 7.88. The van der Waals surface area contributed by atoms with Crippen molar-refractivity contribution >= 4 is 34.3 Å². The molecule has 108 valence electrons.